The molecule has 0 unspecified atom stereocenters. The van der Waals surface area contributed by atoms with E-state index < -0.39 is 4.92 Å². The lowest BCUT2D eigenvalue weighted by Gasteiger charge is -2.07. The van der Waals surface area contributed by atoms with E-state index in [1.54, 1.807) is 30.5 Å². The van der Waals surface area contributed by atoms with E-state index in [1.165, 1.54) is 19.2 Å². The lowest BCUT2D eigenvalue weighted by molar-refractivity contribution is -0.385. The number of methoxy groups -OCH3 is 1. The molecule has 0 radical (unpaired) electrons. The molecule has 0 bridgehead atoms. The summed E-state index contributed by atoms with van der Waals surface area (Å²) in [5, 5.41) is 14.7. The topological polar surface area (TPSA) is 116 Å². The lowest BCUT2D eigenvalue weighted by Crippen LogP contribution is -2.02. The van der Waals surface area contributed by atoms with Gasteiger partial charge in [-0.25, -0.2) is 9.78 Å². The second kappa shape index (κ2) is 9.78. The number of carbonyl (C=O) groups excluding carboxylic acids is 1. The van der Waals surface area contributed by atoms with Gasteiger partial charge in [0.25, 0.3) is 5.69 Å². The van der Waals surface area contributed by atoms with Crippen LogP contribution < -0.4 is 10.2 Å². The zero-order valence-corrected chi connectivity index (χ0v) is 16.0. The number of hydrazone groups is 1. The molecule has 1 aromatic heterocycles. The van der Waals surface area contributed by atoms with Crippen LogP contribution in [-0.2, 0) is 11.3 Å². The van der Waals surface area contributed by atoms with Crippen molar-refractivity contribution in [1.82, 2.24) is 4.98 Å². The highest BCUT2D eigenvalue weighted by Gasteiger charge is 2.05. The number of nitro groups is 1. The Bertz CT molecular complexity index is 1050. The standard InChI is InChI=1S/C21H18N4O5/c1-29-21(26)17-7-5-15(6-8-17)14-30-19-4-2-3-16(11-19)12-23-24-20-10-9-18(13-22-20)25(27)28/h2-13H,14H2,1H3,(H,22,24). The number of hydrogen-bond acceptors (Lipinski definition) is 8. The summed E-state index contributed by atoms with van der Waals surface area (Å²) in [6, 6.07) is 17.1. The molecule has 0 saturated carbocycles. The summed E-state index contributed by atoms with van der Waals surface area (Å²) in [5.74, 6) is 0.663. The van der Waals surface area contributed by atoms with Gasteiger partial charge in [-0.15, -0.1) is 0 Å². The van der Waals surface area contributed by atoms with E-state index in [9.17, 15) is 14.9 Å². The highest BCUT2D eigenvalue weighted by atomic mass is 16.6. The van der Waals surface area contributed by atoms with Crippen LogP contribution in [0.25, 0.3) is 0 Å². The Morgan fingerprint density at radius 3 is 2.67 bits per heavy atom. The number of nitrogens with zero attached hydrogens (tertiary/aromatic N) is 3. The van der Waals surface area contributed by atoms with Crippen molar-refractivity contribution in [3.05, 3.63) is 93.7 Å². The summed E-state index contributed by atoms with van der Waals surface area (Å²) in [4.78, 5) is 25.5. The molecule has 0 amide bonds. The van der Waals surface area contributed by atoms with Gasteiger partial charge in [0.05, 0.1) is 23.8 Å². The quantitative estimate of drug-likeness (QED) is 0.262. The van der Waals surface area contributed by atoms with Crippen molar-refractivity contribution in [1.29, 1.82) is 0 Å². The third-order valence-electron chi connectivity index (χ3n) is 3.99. The molecular formula is C21H18N4O5. The molecule has 3 aromatic rings. The average Bonchev–Trinajstić information content (AvgIpc) is 2.78. The summed E-state index contributed by atoms with van der Waals surface area (Å²) in [7, 11) is 1.34. The van der Waals surface area contributed by atoms with E-state index in [-0.39, 0.29) is 11.7 Å². The Labute approximate surface area is 172 Å². The van der Waals surface area contributed by atoms with Crippen molar-refractivity contribution in [3.63, 3.8) is 0 Å². The summed E-state index contributed by atoms with van der Waals surface area (Å²) >= 11 is 0. The number of pyridine rings is 1. The van der Waals surface area contributed by atoms with Crippen molar-refractivity contribution < 1.29 is 19.2 Å². The van der Waals surface area contributed by atoms with E-state index in [0.29, 0.717) is 23.7 Å². The van der Waals surface area contributed by atoms with Crippen molar-refractivity contribution in [2.75, 3.05) is 12.5 Å². The first-order chi connectivity index (χ1) is 14.5. The summed E-state index contributed by atoms with van der Waals surface area (Å²) < 4.78 is 10.5. The van der Waals surface area contributed by atoms with Crippen molar-refractivity contribution in [2.24, 2.45) is 5.10 Å². The van der Waals surface area contributed by atoms with Crippen LogP contribution in [0.5, 0.6) is 5.75 Å². The number of rotatable bonds is 8. The Morgan fingerprint density at radius 2 is 2.00 bits per heavy atom. The molecule has 0 fully saturated rings. The minimum Gasteiger partial charge on any atom is -0.489 e. The number of nitrogens with one attached hydrogen (secondary N) is 1. The molecule has 3 rings (SSSR count). The van der Waals surface area contributed by atoms with Gasteiger partial charge < -0.3 is 9.47 Å². The maximum Gasteiger partial charge on any atom is 0.337 e. The number of hydrogen-bond donors (Lipinski definition) is 1. The third-order valence-corrected chi connectivity index (χ3v) is 3.99. The molecule has 9 nitrogen and oxygen atoms in total. The van der Waals surface area contributed by atoms with E-state index in [2.05, 4.69) is 20.2 Å². The van der Waals surface area contributed by atoms with Gasteiger partial charge in [0.15, 0.2) is 0 Å². The number of ether oxygens (including phenoxy) is 2. The molecule has 30 heavy (non-hydrogen) atoms. The maximum absolute atomic E-state index is 11.5. The number of benzene rings is 2. The van der Waals surface area contributed by atoms with Gasteiger partial charge in [-0.3, -0.25) is 15.5 Å². The van der Waals surface area contributed by atoms with Crippen LogP contribution in [0, 0.1) is 10.1 Å². The molecule has 0 aliphatic carbocycles. The first-order valence-corrected chi connectivity index (χ1v) is 8.85. The van der Waals surface area contributed by atoms with E-state index in [1.807, 2.05) is 24.3 Å². The van der Waals surface area contributed by atoms with Crippen LogP contribution in [0.3, 0.4) is 0 Å². The van der Waals surface area contributed by atoms with E-state index in [0.717, 1.165) is 17.3 Å². The van der Waals surface area contributed by atoms with Crippen LogP contribution in [-0.4, -0.2) is 29.2 Å². The first-order valence-electron chi connectivity index (χ1n) is 8.85. The lowest BCUT2D eigenvalue weighted by atomic mass is 10.1. The number of carbonyl (C=O) groups is 1. The smallest absolute Gasteiger partial charge is 0.337 e. The van der Waals surface area contributed by atoms with Gasteiger partial charge in [0, 0.05) is 6.07 Å². The number of anilines is 1. The van der Waals surface area contributed by atoms with Crippen LogP contribution in [0.1, 0.15) is 21.5 Å². The fourth-order valence-corrected chi connectivity index (χ4v) is 2.44. The fourth-order valence-electron chi connectivity index (χ4n) is 2.44. The van der Waals surface area contributed by atoms with Gasteiger partial charge in [-0.2, -0.15) is 5.10 Å². The van der Waals surface area contributed by atoms with Crippen LogP contribution >= 0.6 is 0 Å². The van der Waals surface area contributed by atoms with Crippen molar-refractivity contribution in [2.45, 2.75) is 6.61 Å². The molecule has 152 valence electrons. The van der Waals surface area contributed by atoms with E-state index >= 15 is 0 Å². The Kier molecular flexibility index (Phi) is 6.67. The molecule has 0 saturated heterocycles. The molecule has 1 heterocycles. The van der Waals surface area contributed by atoms with E-state index in [4.69, 9.17) is 4.74 Å². The zero-order valence-electron chi connectivity index (χ0n) is 16.0. The van der Waals surface area contributed by atoms with Crippen LogP contribution in [0.4, 0.5) is 11.5 Å². The largest absolute Gasteiger partial charge is 0.489 e. The Balaban J connectivity index is 1.55. The minimum absolute atomic E-state index is 0.0886. The second-order valence-electron chi connectivity index (χ2n) is 6.08. The zero-order chi connectivity index (χ0) is 21.3. The second-order valence-corrected chi connectivity index (χ2v) is 6.08. The molecule has 1 N–H and O–H groups in total. The summed E-state index contributed by atoms with van der Waals surface area (Å²) in [6.45, 7) is 0.340. The first kappa shape index (κ1) is 20.5. The van der Waals surface area contributed by atoms with Crippen LogP contribution in [0.15, 0.2) is 72.0 Å². The Morgan fingerprint density at radius 1 is 1.20 bits per heavy atom. The summed E-state index contributed by atoms with van der Waals surface area (Å²) in [5.41, 5.74) is 4.81. The molecule has 2 aromatic carbocycles. The van der Waals surface area contributed by atoms with Crippen molar-refractivity contribution in [3.8, 4) is 5.75 Å². The van der Waals surface area contributed by atoms with Crippen LogP contribution in [0.2, 0.25) is 0 Å². The molecule has 0 aliphatic rings. The summed E-state index contributed by atoms with van der Waals surface area (Å²) in [6.07, 6.45) is 2.74. The normalized spacial score (nSPS) is 10.6. The van der Waals surface area contributed by atoms with Gasteiger partial charge in [0.2, 0.25) is 0 Å². The number of esters is 1. The van der Waals surface area contributed by atoms with Crippen molar-refractivity contribution >= 4 is 23.7 Å². The molecule has 9 heteroatoms. The highest BCUT2D eigenvalue weighted by Crippen LogP contribution is 2.15. The molecular weight excluding hydrogens is 388 g/mol. The predicted molar refractivity (Wildman–Crippen MR) is 111 cm³/mol. The maximum atomic E-state index is 11.5. The average molecular weight is 406 g/mol. The molecule has 0 spiro atoms. The fraction of sp³-hybridized carbons (Fsp3) is 0.0952. The van der Waals surface area contributed by atoms with Gasteiger partial charge >= 0.3 is 5.97 Å². The Hall–Kier alpha value is -4.27. The minimum atomic E-state index is -0.515. The highest BCUT2D eigenvalue weighted by molar-refractivity contribution is 5.89. The third kappa shape index (κ3) is 5.61. The predicted octanol–water partition coefficient (Wildman–Crippen LogP) is 3.80. The SMILES string of the molecule is COC(=O)c1ccc(COc2cccc(C=NNc3ccc([N+](=O)[O-])cn3)c2)cc1. The number of aromatic nitrogens is 1. The van der Waals surface area contributed by atoms with Gasteiger partial charge in [-0.05, 0) is 41.5 Å². The van der Waals surface area contributed by atoms with Gasteiger partial charge in [-0.1, -0.05) is 24.3 Å². The molecule has 0 atom stereocenters. The molecule has 0 aliphatic heterocycles. The van der Waals surface area contributed by atoms with Gasteiger partial charge in [0.1, 0.15) is 24.4 Å². The monoisotopic (exact) mass is 406 g/mol.